The molecule has 3 heterocycles. The largest absolute Gasteiger partial charge is 0.390 e. The summed E-state index contributed by atoms with van der Waals surface area (Å²) >= 11 is 0. The van der Waals surface area contributed by atoms with E-state index >= 15 is 0 Å². The molecule has 0 spiro atoms. The summed E-state index contributed by atoms with van der Waals surface area (Å²) in [6.45, 7) is 1.94. The summed E-state index contributed by atoms with van der Waals surface area (Å²) in [4.78, 5) is 28.7. The van der Waals surface area contributed by atoms with Crippen molar-refractivity contribution >= 4 is 17.9 Å². The van der Waals surface area contributed by atoms with Gasteiger partial charge in [-0.1, -0.05) is 0 Å². The lowest BCUT2D eigenvalue weighted by Gasteiger charge is -2.46. The first-order valence-corrected chi connectivity index (χ1v) is 9.33. The number of aromatic nitrogens is 2. The zero-order valence-electron chi connectivity index (χ0n) is 16.1. The second-order valence-electron chi connectivity index (χ2n) is 7.76. The van der Waals surface area contributed by atoms with E-state index in [-0.39, 0.29) is 30.8 Å². The fraction of sp³-hybridized carbons (Fsp3) is 0.632. The SMILES string of the molecule is CN1C(=O)CCC[C@H]2N(C(=O)/C=C/c3ccnn3C)C[C@H](O)[C@H](O)C[C@@]21C. The number of likely N-dealkylation sites (N-methyl/N-ethyl adjacent to an activating group) is 1. The van der Waals surface area contributed by atoms with E-state index in [1.54, 1.807) is 46.9 Å². The smallest absolute Gasteiger partial charge is 0.247 e. The van der Waals surface area contributed by atoms with Crippen LogP contribution in [0.3, 0.4) is 0 Å². The third kappa shape index (κ3) is 3.64. The molecule has 8 heteroatoms. The van der Waals surface area contributed by atoms with Gasteiger partial charge in [-0.15, -0.1) is 0 Å². The topological polar surface area (TPSA) is 98.9 Å². The molecule has 1 aromatic heterocycles. The van der Waals surface area contributed by atoms with Crippen molar-refractivity contribution in [3.8, 4) is 0 Å². The van der Waals surface area contributed by atoms with Gasteiger partial charge in [-0.25, -0.2) is 0 Å². The maximum atomic E-state index is 13.0. The Balaban J connectivity index is 1.94. The summed E-state index contributed by atoms with van der Waals surface area (Å²) in [5.41, 5.74) is 0.0511. The van der Waals surface area contributed by atoms with Crippen LogP contribution in [0, 0.1) is 0 Å². The van der Waals surface area contributed by atoms with Gasteiger partial charge in [0, 0.05) is 45.8 Å². The van der Waals surface area contributed by atoms with Crippen LogP contribution < -0.4 is 0 Å². The molecule has 1 aromatic rings. The molecule has 27 heavy (non-hydrogen) atoms. The van der Waals surface area contributed by atoms with E-state index < -0.39 is 17.7 Å². The van der Waals surface area contributed by atoms with Crippen molar-refractivity contribution in [1.29, 1.82) is 0 Å². The molecule has 8 nitrogen and oxygen atoms in total. The predicted molar refractivity (Wildman–Crippen MR) is 99.4 cm³/mol. The Morgan fingerprint density at radius 1 is 1.33 bits per heavy atom. The molecule has 2 amide bonds. The quantitative estimate of drug-likeness (QED) is 0.717. The lowest BCUT2D eigenvalue weighted by atomic mass is 9.83. The number of amides is 2. The molecule has 0 saturated carbocycles. The van der Waals surface area contributed by atoms with Crippen molar-refractivity contribution in [2.75, 3.05) is 13.6 Å². The van der Waals surface area contributed by atoms with Crippen molar-refractivity contribution in [2.45, 2.75) is 56.4 Å². The maximum Gasteiger partial charge on any atom is 0.247 e. The summed E-state index contributed by atoms with van der Waals surface area (Å²) in [7, 11) is 3.51. The number of aliphatic hydroxyl groups excluding tert-OH is 2. The van der Waals surface area contributed by atoms with E-state index in [0.29, 0.717) is 19.3 Å². The number of rotatable bonds is 2. The minimum Gasteiger partial charge on any atom is -0.390 e. The normalized spacial score (nSPS) is 32.3. The van der Waals surface area contributed by atoms with Crippen LogP contribution in [0.5, 0.6) is 0 Å². The minimum atomic E-state index is -1.05. The van der Waals surface area contributed by atoms with Crippen LogP contribution in [0.25, 0.3) is 6.08 Å². The highest BCUT2D eigenvalue weighted by Gasteiger charge is 2.50. The lowest BCUT2D eigenvalue weighted by molar-refractivity contribution is -0.140. The zero-order valence-corrected chi connectivity index (χ0v) is 16.1. The first-order valence-electron chi connectivity index (χ1n) is 9.33. The van der Waals surface area contributed by atoms with Crippen LogP contribution in [0.4, 0.5) is 0 Å². The molecule has 0 radical (unpaired) electrons. The van der Waals surface area contributed by atoms with Gasteiger partial charge >= 0.3 is 0 Å². The molecule has 0 unspecified atom stereocenters. The third-order valence-electron chi connectivity index (χ3n) is 6.09. The average molecular weight is 376 g/mol. The third-order valence-corrected chi connectivity index (χ3v) is 6.09. The molecule has 148 valence electrons. The summed E-state index contributed by atoms with van der Waals surface area (Å²) < 4.78 is 1.66. The maximum absolute atomic E-state index is 13.0. The second-order valence-corrected chi connectivity index (χ2v) is 7.76. The highest BCUT2D eigenvalue weighted by atomic mass is 16.3. The minimum absolute atomic E-state index is 0.00131. The standard InChI is InChI=1S/C19H28N4O4/c1-19-11-14(24)15(25)12-23(16(19)5-4-6-17(26)21(19)2)18(27)8-7-13-9-10-20-22(13)3/h7-10,14-16,24-25H,4-6,11-12H2,1-3H3/b8-7+/t14-,15+,16-,19+/m1/s1. The van der Waals surface area contributed by atoms with Gasteiger partial charge in [0.2, 0.25) is 11.8 Å². The molecule has 3 rings (SSSR count). The monoisotopic (exact) mass is 376 g/mol. The molecule has 2 N–H and O–H groups in total. The number of fused-ring (bicyclic) bond motifs is 1. The highest BCUT2D eigenvalue weighted by Crippen LogP contribution is 2.37. The average Bonchev–Trinajstić information content (AvgIpc) is 2.96. The van der Waals surface area contributed by atoms with Gasteiger partial charge in [0.1, 0.15) is 0 Å². The van der Waals surface area contributed by atoms with Crippen molar-refractivity contribution in [3.05, 3.63) is 24.0 Å². The number of nitrogens with zero attached hydrogens (tertiary/aromatic N) is 4. The number of likely N-dealkylation sites (tertiary alicyclic amines) is 2. The molecule has 4 atom stereocenters. The Bertz CT molecular complexity index is 746. The Morgan fingerprint density at radius 2 is 2.07 bits per heavy atom. The fourth-order valence-corrected chi connectivity index (χ4v) is 4.25. The molecular weight excluding hydrogens is 348 g/mol. The number of carbonyl (C=O) groups excluding carboxylic acids is 2. The van der Waals surface area contributed by atoms with Crippen LogP contribution in [0.2, 0.25) is 0 Å². The Morgan fingerprint density at radius 3 is 2.74 bits per heavy atom. The van der Waals surface area contributed by atoms with Crippen LogP contribution >= 0.6 is 0 Å². The van der Waals surface area contributed by atoms with E-state index in [0.717, 1.165) is 5.69 Å². The van der Waals surface area contributed by atoms with Crippen molar-refractivity contribution in [2.24, 2.45) is 7.05 Å². The summed E-state index contributed by atoms with van der Waals surface area (Å²) in [5.74, 6) is -0.246. The van der Waals surface area contributed by atoms with Crippen molar-refractivity contribution in [3.63, 3.8) is 0 Å². The summed E-state index contributed by atoms with van der Waals surface area (Å²) in [5, 5.41) is 24.9. The highest BCUT2D eigenvalue weighted by molar-refractivity contribution is 5.92. The molecular formula is C19H28N4O4. The number of carbonyl (C=O) groups is 2. The molecule has 2 aliphatic heterocycles. The van der Waals surface area contributed by atoms with E-state index in [2.05, 4.69) is 5.10 Å². The molecule has 2 aliphatic rings. The van der Waals surface area contributed by atoms with Crippen LogP contribution in [0.15, 0.2) is 18.3 Å². The Hall–Kier alpha value is -2.19. The number of aliphatic hydroxyl groups is 2. The molecule has 2 fully saturated rings. The van der Waals surface area contributed by atoms with Gasteiger partial charge < -0.3 is 20.0 Å². The first kappa shape index (κ1) is 19.6. The first-order chi connectivity index (χ1) is 12.7. The van der Waals surface area contributed by atoms with Gasteiger partial charge in [-0.05, 0) is 31.9 Å². The van der Waals surface area contributed by atoms with E-state index in [9.17, 15) is 19.8 Å². The predicted octanol–water partition coefficient (Wildman–Crippen LogP) is 0.157. The number of hydrogen-bond acceptors (Lipinski definition) is 5. The summed E-state index contributed by atoms with van der Waals surface area (Å²) in [6, 6.07) is 1.52. The lowest BCUT2D eigenvalue weighted by Crippen LogP contribution is -2.60. The van der Waals surface area contributed by atoms with Crippen molar-refractivity contribution in [1.82, 2.24) is 19.6 Å². The Kier molecular flexibility index (Phi) is 5.39. The van der Waals surface area contributed by atoms with Gasteiger partial charge in [0.05, 0.1) is 29.5 Å². The molecule has 0 aromatic carbocycles. The van der Waals surface area contributed by atoms with E-state index in [4.69, 9.17) is 0 Å². The number of aryl methyl sites for hydroxylation is 1. The van der Waals surface area contributed by atoms with E-state index in [1.807, 2.05) is 6.92 Å². The van der Waals surface area contributed by atoms with Crippen LogP contribution in [-0.4, -0.2) is 79.0 Å². The van der Waals surface area contributed by atoms with Gasteiger partial charge in [-0.2, -0.15) is 5.10 Å². The zero-order chi connectivity index (χ0) is 19.8. The summed E-state index contributed by atoms with van der Waals surface area (Å²) in [6.07, 6.45) is 4.74. The van der Waals surface area contributed by atoms with Crippen LogP contribution in [0.1, 0.15) is 38.3 Å². The van der Waals surface area contributed by atoms with Gasteiger partial charge in [0.25, 0.3) is 0 Å². The molecule has 0 aliphatic carbocycles. The molecule has 0 bridgehead atoms. The number of β-amino-alcohol motifs (C(OH)–C–C–N with tert-alkyl or cyclic N) is 1. The fourth-order valence-electron chi connectivity index (χ4n) is 4.25. The van der Waals surface area contributed by atoms with Crippen molar-refractivity contribution < 1.29 is 19.8 Å². The van der Waals surface area contributed by atoms with Gasteiger partial charge in [-0.3, -0.25) is 14.3 Å². The Labute approximate surface area is 159 Å². The second kappa shape index (κ2) is 7.44. The van der Waals surface area contributed by atoms with E-state index in [1.165, 1.54) is 6.08 Å². The van der Waals surface area contributed by atoms with Gasteiger partial charge in [0.15, 0.2) is 0 Å². The molecule has 2 saturated heterocycles. The van der Waals surface area contributed by atoms with Crippen LogP contribution in [-0.2, 0) is 16.6 Å². The number of hydrogen-bond donors (Lipinski definition) is 2.